The largest absolute Gasteiger partial charge is 0.481 e. The summed E-state index contributed by atoms with van der Waals surface area (Å²) in [5.74, 6) is -0.940. The zero-order valence-electron chi connectivity index (χ0n) is 12.4. The topological polar surface area (TPSA) is 54.4 Å². The first-order valence-electron chi connectivity index (χ1n) is 7.53. The van der Waals surface area contributed by atoms with Crippen LogP contribution in [0.25, 0.3) is 0 Å². The average Bonchev–Trinajstić information content (AvgIpc) is 2.54. The third kappa shape index (κ3) is 4.55. The first kappa shape index (κ1) is 16.0. The average molecular weight is 296 g/mol. The summed E-state index contributed by atoms with van der Waals surface area (Å²) < 4.78 is 0. The lowest BCUT2D eigenvalue weighted by Crippen LogP contribution is -2.14. The SMILES string of the molecule is O=C(O)CCCCC(=O)C(c1ccccc1)c1ccccc1. The molecular formula is C19H20O3. The number of hydrogen-bond acceptors (Lipinski definition) is 2. The van der Waals surface area contributed by atoms with Gasteiger partial charge in [0.25, 0.3) is 0 Å². The maximum absolute atomic E-state index is 12.6. The van der Waals surface area contributed by atoms with E-state index in [4.69, 9.17) is 5.11 Å². The number of hydrogen-bond donors (Lipinski definition) is 1. The highest BCUT2D eigenvalue weighted by atomic mass is 16.4. The Bertz CT molecular complexity index is 566. The molecule has 1 N–H and O–H groups in total. The van der Waals surface area contributed by atoms with E-state index in [0.717, 1.165) is 11.1 Å². The molecule has 0 radical (unpaired) electrons. The molecule has 22 heavy (non-hydrogen) atoms. The summed E-state index contributed by atoms with van der Waals surface area (Å²) in [4.78, 5) is 23.2. The fourth-order valence-electron chi connectivity index (χ4n) is 2.58. The first-order chi connectivity index (χ1) is 10.7. The lowest BCUT2D eigenvalue weighted by molar-refractivity contribution is -0.137. The van der Waals surface area contributed by atoms with Crippen LogP contribution in [0.1, 0.15) is 42.7 Å². The molecule has 0 saturated carbocycles. The highest BCUT2D eigenvalue weighted by Gasteiger charge is 2.21. The molecule has 0 heterocycles. The number of carbonyl (C=O) groups is 2. The Labute approximate surface area is 130 Å². The van der Waals surface area contributed by atoms with Crippen molar-refractivity contribution in [2.75, 3.05) is 0 Å². The van der Waals surface area contributed by atoms with Crippen molar-refractivity contribution in [3.8, 4) is 0 Å². The molecule has 0 aliphatic heterocycles. The Balaban J connectivity index is 2.11. The van der Waals surface area contributed by atoms with Crippen LogP contribution in [-0.4, -0.2) is 16.9 Å². The molecule has 3 heteroatoms. The van der Waals surface area contributed by atoms with Crippen molar-refractivity contribution < 1.29 is 14.7 Å². The summed E-state index contributed by atoms with van der Waals surface area (Å²) in [5, 5.41) is 8.66. The Morgan fingerprint density at radius 1 is 0.773 bits per heavy atom. The Kier molecular flexibility index (Phi) is 5.90. The zero-order valence-corrected chi connectivity index (χ0v) is 12.4. The predicted octanol–water partition coefficient (Wildman–Crippen LogP) is 4.03. The summed E-state index contributed by atoms with van der Waals surface area (Å²) in [6.07, 6.45) is 1.68. The molecule has 0 amide bonds. The van der Waals surface area contributed by atoms with Crippen LogP contribution in [0.3, 0.4) is 0 Å². The van der Waals surface area contributed by atoms with Crippen molar-refractivity contribution >= 4 is 11.8 Å². The summed E-state index contributed by atoms with van der Waals surface area (Å²) in [7, 11) is 0. The van der Waals surface area contributed by atoms with Crippen LogP contribution in [0.15, 0.2) is 60.7 Å². The van der Waals surface area contributed by atoms with Crippen LogP contribution < -0.4 is 0 Å². The third-order valence-corrected chi connectivity index (χ3v) is 3.65. The first-order valence-corrected chi connectivity index (χ1v) is 7.53. The van der Waals surface area contributed by atoms with Crippen LogP contribution in [0.5, 0.6) is 0 Å². The lowest BCUT2D eigenvalue weighted by Gasteiger charge is -2.17. The number of benzene rings is 2. The van der Waals surface area contributed by atoms with Gasteiger partial charge >= 0.3 is 5.97 Å². The fraction of sp³-hybridized carbons (Fsp3) is 0.263. The molecule has 0 aliphatic carbocycles. The van der Waals surface area contributed by atoms with Gasteiger partial charge in [0, 0.05) is 12.8 Å². The van der Waals surface area contributed by atoms with Gasteiger partial charge < -0.3 is 5.11 Å². The van der Waals surface area contributed by atoms with Crippen molar-refractivity contribution in [2.45, 2.75) is 31.6 Å². The second kappa shape index (κ2) is 8.13. The smallest absolute Gasteiger partial charge is 0.303 e. The third-order valence-electron chi connectivity index (χ3n) is 3.65. The van der Waals surface area contributed by atoms with Gasteiger partial charge in [-0.15, -0.1) is 0 Å². The number of carbonyl (C=O) groups excluding carboxylic acids is 1. The van der Waals surface area contributed by atoms with Gasteiger partial charge in [-0.3, -0.25) is 9.59 Å². The highest BCUT2D eigenvalue weighted by molar-refractivity contribution is 5.89. The minimum atomic E-state index is -0.810. The van der Waals surface area contributed by atoms with Crippen molar-refractivity contribution in [3.63, 3.8) is 0 Å². The number of Topliss-reactive ketones (excluding diaryl/α,β-unsaturated/α-hetero) is 1. The molecule has 0 unspecified atom stereocenters. The molecular weight excluding hydrogens is 276 g/mol. The van der Waals surface area contributed by atoms with Crippen molar-refractivity contribution in [3.05, 3.63) is 71.8 Å². The molecule has 0 aliphatic rings. The van der Waals surface area contributed by atoms with E-state index in [-0.39, 0.29) is 18.1 Å². The van der Waals surface area contributed by atoms with Crippen LogP contribution >= 0.6 is 0 Å². The molecule has 0 spiro atoms. The van der Waals surface area contributed by atoms with Crippen LogP contribution in [-0.2, 0) is 9.59 Å². The van der Waals surface area contributed by atoms with E-state index >= 15 is 0 Å². The summed E-state index contributed by atoms with van der Waals surface area (Å²) in [6, 6.07) is 19.5. The Morgan fingerprint density at radius 2 is 1.23 bits per heavy atom. The Hall–Kier alpha value is -2.42. The Morgan fingerprint density at radius 3 is 1.68 bits per heavy atom. The van der Waals surface area contributed by atoms with Crippen molar-refractivity contribution in [1.29, 1.82) is 0 Å². The maximum atomic E-state index is 12.6. The van der Waals surface area contributed by atoms with Gasteiger partial charge in [-0.05, 0) is 24.0 Å². The highest BCUT2D eigenvalue weighted by Crippen LogP contribution is 2.27. The summed E-state index contributed by atoms with van der Waals surface area (Å²) in [6.45, 7) is 0. The monoisotopic (exact) mass is 296 g/mol. The minimum absolute atomic E-state index is 0.120. The molecule has 2 rings (SSSR count). The lowest BCUT2D eigenvalue weighted by atomic mass is 9.86. The van der Waals surface area contributed by atoms with Gasteiger partial charge in [0.15, 0.2) is 0 Å². The number of unbranched alkanes of at least 4 members (excludes halogenated alkanes) is 1. The molecule has 0 fully saturated rings. The van der Waals surface area contributed by atoms with Gasteiger partial charge in [-0.2, -0.15) is 0 Å². The number of ketones is 1. The molecule has 0 saturated heterocycles. The van der Waals surface area contributed by atoms with Gasteiger partial charge in [0.1, 0.15) is 5.78 Å². The minimum Gasteiger partial charge on any atom is -0.481 e. The molecule has 0 atom stereocenters. The number of carboxylic acids is 1. The molecule has 2 aromatic rings. The second-order valence-electron chi connectivity index (χ2n) is 5.32. The summed E-state index contributed by atoms with van der Waals surface area (Å²) in [5.41, 5.74) is 1.97. The van der Waals surface area contributed by atoms with E-state index < -0.39 is 5.97 Å². The van der Waals surface area contributed by atoms with E-state index in [1.807, 2.05) is 60.7 Å². The van der Waals surface area contributed by atoms with Crippen LogP contribution in [0, 0.1) is 0 Å². The number of carboxylic acid groups (broad SMARTS) is 1. The van der Waals surface area contributed by atoms with Crippen LogP contribution in [0.2, 0.25) is 0 Å². The predicted molar refractivity (Wildman–Crippen MR) is 85.8 cm³/mol. The van der Waals surface area contributed by atoms with Crippen molar-refractivity contribution in [1.82, 2.24) is 0 Å². The molecule has 3 nitrogen and oxygen atoms in total. The molecule has 0 aromatic heterocycles. The normalized spacial score (nSPS) is 10.6. The molecule has 114 valence electrons. The van der Waals surface area contributed by atoms with Gasteiger partial charge in [0.05, 0.1) is 5.92 Å². The zero-order chi connectivity index (χ0) is 15.8. The standard InChI is InChI=1S/C19H20O3/c20-17(13-7-8-14-18(21)22)19(15-9-3-1-4-10-15)16-11-5-2-6-12-16/h1-6,9-12,19H,7-8,13-14H2,(H,21,22). The van der Waals surface area contributed by atoms with Crippen molar-refractivity contribution in [2.24, 2.45) is 0 Å². The quantitative estimate of drug-likeness (QED) is 0.748. The maximum Gasteiger partial charge on any atom is 0.303 e. The summed E-state index contributed by atoms with van der Waals surface area (Å²) >= 11 is 0. The molecule has 0 bridgehead atoms. The van der Waals surface area contributed by atoms with E-state index in [9.17, 15) is 9.59 Å². The van der Waals surface area contributed by atoms with E-state index in [1.165, 1.54) is 0 Å². The number of aliphatic carboxylic acids is 1. The fourth-order valence-corrected chi connectivity index (χ4v) is 2.58. The molecule has 2 aromatic carbocycles. The van der Waals surface area contributed by atoms with Gasteiger partial charge in [-0.1, -0.05) is 60.7 Å². The van der Waals surface area contributed by atoms with Gasteiger partial charge in [-0.25, -0.2) is 0 Å². The second-order valence-corrected chi connectivity index (χ2v) is 5.32. The van der Waals surface area contributed by atoms with Crippen LogP contribution in [0.4, 0.5) is 0 Å². The number of rotatable bonds is 8. The van der Waals surface area contributed by atoms with E-state index in [1.54, 1.807) is 0 Å². The van der Waals surface area contributed by atoms with Gasteiger partial charge in [0.2, 0.25) is 0 Å². The van der Waals surface area contributed by atoms with E-state index in [2.05, 4.69) is 0 Å². The van der Waals surface area contributed by atoms with E-state index in [0.29, 0.717) is 19.3 Å².